The maximum Gasteiger partial charge on any atom is 0.237 e. The van der Waals surface area contributed by atoms with Crippen LogP contribution in [0.1, 0.15) is 43.7 Å². The number of hydrogen-bond donors (Lipinski definition) is 2. The number of hydrogen-bond acceptors (Lipinski definition) is 3. The van der Waals surface area contributed by atoms with Crippen molar-refractivity contribution in [2.24, 2.45) is 5.92 Å². The number of carbonyl (C=O) groups is 1. The van der Waals surface area contributed by atoms with Crippen LogP contribution in [0.2, 0.25) is 0 Å². The average Bonchev–Trinajstić information content (AvgIpc) is 3.08. The van der Waals surface area contributed by atoms with Gasteiger partial charge < -0.3 is 10.6 Å². The zero-order chi connectivity index (χ0) is 16.1. The molecule has 0 spiro atoms. The van der Waals surface area contributed by atoms with E-state index in [1.165, 1.54) is 37.1 Å². The molecule has 2 saturated heterocycles. The van der Waals surface area contributed by atoms with Gasteiger partial charge in [0.05, 0.1) is 6.04 Å². The zero-order valence-electron chi connectivity index (χ0n) is 14.2. The highest BCUT2D eigenvalue weighted by molar-refractivity contribution is 5.81. The molecule has 2 unspecified atom stereocenters. The summed E-state index contributed by atoms with van der Waals surface area (Å²) in [6, 6.07) is 8.70. The molecule has 4 heteroatoms. The van der Waals surface area contributed by atoms with Gasteiger partial charge in [-0.15, -0.1) is 0 Å². The van der Waals surface area contributed by atoms with Crippen LogP contribution in [0.3, 0.4) is 0 Å². The number of nitrogens with zero attached hydrogens (tertiary/aromatic N) is 1. The molecule has 4 nitrogen and oxygen atoms in total. The highest BCUT2D eigenvalue weighted by atomic mass is 16.2. The summed E-state index contributed by atoms with van der Waals surface area (Å²) in [6.07, 6.45) is 4.74. The van der Waals surface area contributed by atoms with Crippen LogP contribution < -0.4 is 10.6 Å². The number of nitrogens with one attached hydrogen (secondary N) is 2. The summed E-state index contributed by atoms with van der Waals surface area (Å²) in [5, 5.41) is 6.27. The topological polar surface area (TPSA) is 44.4 Å². The molecular formula is C19H29N3O. The molecule has 0 bridgehead atoms. The minimum atomic E-state index is 0.00960. The lowest BCUT2D eigenvalue weighted by Gasteiger charge is -2.30. The van der Waals surface area contributed by atoms with Crippen LogP contribution in [0.4, 0.5) is 0 Å². The Morgan fingerprint density at radius 3 is 2.70 bits per heavy atom. The van der Waals surface area contributed by atoms with Gasteiger partial charge in [-0.05, 0) is 55.8 Å². The molecule has 1 aromatic rings. The Kier molecular flexibility index (Phi) is 5.68. The molecule has 0 aromatic heterocycles. The number of rotatable bonds is 5. The van der Waals surface area contributed by atoms with Crippen molar-refractivity contribution < 1.29 is 4.79 Å². The third-order valence-corrected chi connectivity index (χ3v) is 5.01. The minimum Gasteiger partial charge on any atom is -0.351 e. The van der Waals surface area contributed by atoms with Crippen molar-refractivity contribution in [3.8, 4) is 0 Å². The fraction of sp³-hybridized carbons (Fsp3) is 0.632. The van der Waals surface area contributed by atoms with E-state index < -0.39 is 0 Å². The van der Waals surface area contributed by atoms with Crippen molar-refractivity contribution in [2.45, 2.75) is 51.7 Å². The van der Waals surface area contributed by atoms with E-state index in [9.17, 15) is 4.79 Å². The van der Waals surface area contributed by atoms with E-state index >= 15 is 0 Å². The maximum atomic E-state index is 12.0. The molecule has 2 aliphatic rings. The van der Waals surface area contributed by atoms with Crippen LogP contribution in [0, 0.1) is 5.92 Å². The highest BCUT2D eigenvalue weighted by Crippen LogP contribution is 2.18. The van der Waals surface area contributed by atoms with E-state index in [1.807, 2.05) is 0 Å². The standard InChI is InChI=1S/C19H29N3O/c1-15-4-3-11-22(13-15)14-17-8-6-16(7-9-17)12-21-19(23)18-5-2-10-20-18/h6-9,15,18,20H,2-5,10-14H2,1H3,(H,21,23). The quantitative estimate of drug-likeness (QED) is 0.876. The molecule has 0 radical (unpaired) electrons. The smallest absolute Gasteiger partial charge is 0.237 e. The Morgan fingerprint density at radius 2 is 2.00 bits per heavy atom. The molecule has 2 fully saturated rings. The lowest BCUT2D eigenvalue weighted by atomic mass is 9.99. The van der Waals surface area contributed by atoms with E-state index in [0.29, 0.717) is 6.54 Å². The molecule has 0 saturated carbocycles. The van der Waals surface area contributed by atoms with E-state index in [1.54, 1.807) is 0 Å². The van der Waals surface area contributed by atoms with Crippen molar-refractivity contribution in [3.63, 3.8) is 0 Å². The molecule has 1 amide bonds. The van der Waals surface area contributed by atoms with Gasteiger partial charge in [0.15, 0.2) is 0 Å². The predicted molar refractivity (Wildman–Crippen MR) is 93.0 cm³/mol. The Balaban J connectivity index is 1.46. The minimum absolute atomic E-state index is 0.00960. The molecule has 126 valence electrons. The summed E-state index contributed by atoms with van der Waals surface area (Å²) in [5.41, 5.74) is 2.54. The van der Waals surface area contributed by atoms with Gasteiger partial charge >= 0.3 is 0 Å². The second-order valence-corrected chi connectivity index (χ2v) is 7.17. The van der Waals surface area contributed by atoms with Gasteiger partial charge in [0.2, 0.25) is 5.91 Å². The molecule has 2 atom stereocenters. The van der Waals surface area contributed by atoms with E-state index in [2.05, 4.69) is 46.7 Å². The first-order chi connectivity index (χ1) is 11.2. The first kappa shape index (κ1) is 16.5. The summed E-state index contributed by atoms with van der Waals surface area (Å²) in [7, 11) is 0. The average molecular weight is 315 g/mol. The molecule has 1 aromatic carbocycles. The molecule has 2 heterocycles. The van der Waals surface area contributed by atoms with Gasteiger partial charge in [0.25, 0.3) is 0 Å². The fourth-order valence-corrected chi connectivity index (χ4v) is 3.67. The van der Waals surface area contributed by atoms with Gasteiger partial charge in [-0.1, -0.05) is 31.2 Å². The molecule has 3 rings (SSSR count). The van der Waals surface area contributed by atoms with Gasteiger partial charge in [0.1, 0.15) is 0 Å². The summed E-state index contributed by atoms with van der Waals surface area (Å²) >= 11 is 0. The second kappa shape index (κ2) is 7.93. The van der Waals surface area contributed by atoms with Crippen LogP contribution in [-0.2, 0) is 17.9 Å². The summed E-state index contributed by atoms with van der Waals surface area (Å²) in [4.78, 5) is 14.6. The Hall–Kier alpha value is -1.39. The van der Waals surface area contributed by atoms with E-state index in [-0.39, 0.29) is 11.9 Å². The Bertz CT molecular complexity index is 508. The monoisotopic (exact) mass is 315 g/mol. The van der Waals surface area contributed by atoms with E-state index in [0.717, 1.165) is 31.8 Å². The second-order valence-electron chi connectivity index (χ2n) is 7.17. The Morgan fingerprint density at radius 1 is 1.22 bits per heavy atom. The van der Waals surface area contributed by atoms with Gasteiger partial charge in [-0.3, -0.25) is 9.69 Å². The van der Waals surface area contributed by atoms with Crippen LogP contribution in [0.15, 0.2) is 24.3 Å². The van der Waals surface area contributed by atoms with Crippen molar-refractivity contribution in [1.29, 1.82) is 0 Å². The number of piperidine rings is 1. The number of benzene rings is 1. The van der Waals surface area contributed by atoms with Crippen molar-refractivity contribution in [3.05, 3.63) is 35.4 Å². The first-order valence-electron chi connectivity index (χ1n) is 9.02. The van der Waals surface area contributed by atoms with Gasteiger partial charge in [-0.2, -0.15) is 0 Å². The highest BCUT2D eigenvalue weighted by Gasteiger charge is 2.21. The first-order valence-corrected chi connectivity index (χ1v) is 9.02. The fourth-order valence-electron chi connectivity index (χ4n) is 3.67. The summed E-state index contributed by atoms with van der Waals surface area (Å²) in [6.45, 7) is 7.41. The Labute approximate surface area is 139 Å². The molecule has 0 aliphatic carbocycles. The van der Waals surface area contributed by atoms with Crippen LogP contribution in [0.25, 0.3) is 0 Å². The van der Waals surface area contributed by atoms with Crippen LogP contribution >= 0.6 is 0 Å². The third-order valence-electron chi connectivity index (χ3n) is 5.01. The lowest BCUT2D eigenvalue weighted by Crippen LogP contribution is -2.40. The number of likely N-dealkylation sites (tertiary alicyclic amines) is 1. The normalized spacial score (nSPS) is 25.4. The summed E-state index contributed by atoms with van der Waals surface area (Å²) in [5.74, 6) is 0.955. The SMILES string of the molecule is CC1CCCN(Cc2ccc(CNC(=O)C3CCCN3)cc2)C1. The zero-order valence-corrected chi connectivity index (χ0v) is 14.2. The van der Waals surface area contributed by atoms with E-state index in [4.69, 9.17) is 0 Å². The molecule has 2 N–H and O–H groups in total. The van der Waals surface area contributed by atoms with Gasteiger partial charge in [-0.25, -0.2) is 0 Å². The lowest BCUT2D eigenvalue weighted by molar-refractivity contribution is -0.122. The predicted octanol–water partition coefficient (Wildman–Crippen LogP) is 2.29. The van der Waals surface area contributed by atoms with Crippen LogP contribution in [0.5, 0.6) is 0 Å². The molecular weight excluding hydrogens is 286 g/mol. The third kappa shape index (κ3) is 4.79. The van der Waals surface area contributed by atoms with Crippen molar-refractivity contribution >= 4 is 5.91 Å². The van der Waals surface area contributed by atoms with Crippen LogP contribution in [-0.4, -0.2) is 36.5 Å². The van der Waals surface area contributed by atoms with Gasteiger partial charge in [0, 0.05) is 19.6 Å². The van der Waals surface area contributed by atoms with Crippen molar-refractivity contribution in [1.82, 2.24) is 15.5 Å². The molecule has 23 heavy (non-hydrogen) atoms. The number of carbonyl (C=O) groups excluding carboxylic acids is 1. The summed E-state index contributed by atoms with van der Waals surface area (Å²) < 4.78 is 0. The largest absolute Gasteiger partial charge is 0.351 e. The number of amides is 1. The maximum absolute atomic E-state index is 12.0. The molecule has 2 aliphatic heterocycles. The van der Waals surface area contributed by atoms with Crippen molar-refractivity contribution in [2.75, 3.05) is 19.6 Å².